The third-order valence-electron chi connectivity index (χ3n) is 3.61. The molecule has 0 spiro atoms. The van der Waals surface area contributed by atoms with E-state index in [0.29, 0.717) is 13.0 Å². The first-order valence-corrected chi connectivity index (χ1v) is 7.73. The van der Waals surface area contributed by atoms with Gasteiger partial charge in [-0.3, -0.25) is 9.59 Å². The second-order valence-corrected chi connectivity index (χ2v) is 5.67. The van der Waals surface area contributed by atoms with Crippen molar-refractivity contribution < 1.29 is 9.59 Å². The zero-order chi connectivity index (χ0) is 16.7. The van der Waals surface area contributed by atoms with Crippen LogP contribution in [0.5, 0.6) is 0 Å². The van der Waals surface area contributed by atoms with Crippen molar-refractivity contribution in [2.45, 2.75) is 26.2 Å². The largest absolute Gasteiger partial charge is 0.355 e. The molecule has 0 saturated heterocycles. The van der Waals surface area contributed by atoms with Gasteiger partial charge in [-0.25, -0.2) is 0 Å². The Labute approximate surface area is 136 Å². The highest BCUT2D eigenvalue weighted by atomic mass is 16.2. The Morgan fingerprint density at radius 1 is 1.00 bits per heavy atom. The van der Waals surface area contributed by atoms with Crippen molar-refractivity contribution in [2.75, 3.05) is 11.9 Å². The van der Waals surface area contributed by atoms with Gasteiger partial charge in [0.1, 0.15) is 0 Å². The molecule has 0 saturated carbocycles. The summed E-state index contributed by atoms with van der Waals surface area (Å²) < 4.78 is 0. The molecule has 2 aromatic rings. The molecule has 0 aliphatic rings. The van der Waals surface area contributed by atoms with Gasteiger partial charge in [-0.2, -0.15) is 0 Å². The van der Waals surface area contributed by atoms with Crippen LogP contribution in [0.1, 0.15) is 30.9 Å². The zero-order valence-corrected chi connectivity index (χ0v) is 13.5. The molecule has 0 bridgehead atoms. The highest BCUT2D eigenvalue weighted by Crippen LogP contribution is 2.13. The van der Waals surface area contributed by atoms with Gasteiger partial charge >= 0.3 is 0 Å². The predicted octanol–water partition coefficient (Wildman–Crippen LogP) is 3.11. The molecule has 0 aliphatic carbocycles. The summed E-state index contributed by atoms with van der Waals surface area (Å²) in [5.41, 5.74) is 2.87. The van der Waals surface area contributed by atoms with E-state index in [1.165, 1.54) is 12.5 Å². The lowest BCUT2D eigenvalue weighted by Gasteiger charge is -2.13. The van der Waals surface area contributed by atoms with Gasteiger partial charge < -0.3 is 10.6 Å². The molecular weight excluding hydrogens is 288 g/mol. The van der Waals surface area contributed by atoms with Crippen molar-refractivity contribution >= 4 is 17.5 Å². The number of anilines is 1. The first kappa shape index (κ1) is 16.7. The predicted molar refractivity (Wildman–Crippen MR) is 92.3 cm³/mol. The fourth-order valence-electron chi connectivity index (χ4n) is 2.32. The lowest BCUT2D eigenvalue weighted by atomic mass is 10.0. The maximum Gasteiger partial charge on any atom is 0.224 e. The number of rotatable bonds is 6. The topological polar surface area (TPSA) is 58.2 Å². The van der Waals surface area contributed by atoms with Gasteiger partial charge in [-0.15, -0.1) is 0 Å². The van der Waals surface area contributed by atoms with E-state index in [1.807, 2.05) is 30.3 Å². The molecule has 0 radical (unpaired) electrons. The number of hydrogen-bond acceptors (Lipinski definition) is 2. The molecule has 1 atom stereocenters. The Hall–Kier alpha value is -2.62. The van der Waals surface area contributed by atoms with Crippen molar-refractivity contribution in [1.29, 1.82) is 0 Å². The Morgan fingerprint density at radius 2 is 1.65 bits per heavy atom. The molecule has 0 aromatic heterocycles. The van der Waals surface area contributed by atoms with Crippen LogP contribution >= 0.6 is 0 Å². The Kier molecular flexibility index (Phi) is 5.92. The van der Waals surface area contributed by atoms with Crippen molar-refractivity contribution in [2.24, 2.45) is 0 Å². The SMILES string of the molecule is CC(=O)Nc1ccc(CC(=O)NC[C@H](C)c2ccccc2)cc1. The molecule has 4 nitrogen and oxygen atoms in total. The summed E-state index contributed by atoms with van der Waals surface area (Å²) in [7, 11) is 0. The second-order valence-electron chi connectivity index (χ2n) is 5.67. The number of carbonyl (C=O) groups is 2. The highest BCUT2D eigenvalue weighted by molar-refractivity contribution is 5.88. The van der Waals surface area contributed by atoms with Gasteiger partial charge in [-0.05, 0) is 29.2 Å². The van der Waals surface area contributed by atoms with Gasteiger partial charge in [-0.1, -0.05) is 49.4 Å². The normalized spacial score (nSPS) is 11.6. The summed E-state index contributed by atoms with van der Waals surface area (Å²) >= 11 is 0. The van der Waals surface area contributed by atoms with Crippen LogP contribution in [-0.2, 0) is 16.0 Å². The molecule has 0 unspecified atom stereocenters. The molecule has 23 heavy (non-hydrogen) atoms. The van der Waals surface area contributed by atoms with Gasteiger partial charge in [0.2, 0.25) is 11.8 Å². The van der Waals surface area contributed by atoms with Crippen molar-refractivity contribution in [3.05, 3.63) is 65.7 Å². The quantitative estimate of drug-likeness (QED) is 0.861. The minimum absolute atomic E-state index is 0.0000539. The summed E-state index contributed by atoms with van der Waals surface area (Å²) in [6, 6.07) is 17.4. The zero-order valence-electron chi connectivity index (χ0n) is 13.5. The number of amides is 2. The average Bonchev–Trinajstić information content (AvgIpc) is 2.55. The Bertz CT molecular complexity index is 651. The minimum atomic E-state index is -0.106. The molecule has 2 aromatic carbocycles. The van der Waals surface area contributed by atoms with Crippen LogP contribution in [0.3, 0.4) is 0 Å². The smallest absolute Gasteiger partial charge is 0.224 e. The maximum atomic E-state index is 12.0. The van der Waals surface area contributed by atoms with Crippen LogP contribution in [0, 0.1) is 0 Å². The molecule has 0 heterocycles. The fourth-order valence-corrected chi connectivity index (χ4v) is 2.32. The standard InChI is InChI=1S/C19H22N2O2/c1-14(17-6-4-3-5-7-17)13-20-19(23)12-16-8-10-18(11-9-16)21-15(2)22/h3-11,14H,12-13H2,1-2H3,(H,20,23)(H,21,22)/t14-/m0/s1. The van der Waals surface area contributed by atoms with Crippen molar-refractivity contribution in [1.82, 2.24) is 5.32 Å². The summed E-state index contributed by atoms with van der Waals surface area (Å²) in [6.07, 6.45) is 0.335. The second kappa shape index (κ2) is 8.13. The highest BCUT2D eigenvalue weighted by Gasteiger charge is 2.08. The summed E-state index contributed by atoms with van der Waals surface area (Å²) in [5, 5.41) is 5.67. The average molecular weight is 310 g/mol. The van der Waals surface area contributed by atoms with Crippen LogP contribution in [-0.4, -0.2) is 18.4 Å². The van der Waals surface area contributed by atoms with Crippen LogP contribution in [0.2, 0.25) is 0 Å². The Morgan fingerprint density at radius 3 is 2.26 bits per heavy atom. The third-order valence-corrected chi connectivity index (χ3v) is 3.61. The molecule has 2 N–H and O–H groups in total. The van der Waals surface area contributed by atoms with E-state index in [4.69, 9.17) is 0 Å². The van der Waals surface area contributed by atoms with Gasteiger partial charge in [0.05, 0.1) is 6.42 Å². The molecular formula is C19H22N2O2. The maximum absolute atomic E-state index is 12.0. The van der Waals surface area contributed by atoms with E-state index >= 15 is 0 Å². The fraction of sp³-hybridized carbons (Fsp3) is 0.263. The van der Waals surface area contributed by atoms with E-state index in [2.05, 4.69) is 29.7 Å². The van der Waals surface area contributed by atoms with E-state index in [1.54, 1.807) is 12.1 Å². The number of hydrogen-bond donors (Lipinski definition) is 2. The van der Waals surface area contributed by atoms with Crippen LogP contribution in [0.4, 0.5) is 5.69 Å². The first-order valence-electron chi connectivity index (χ1n) is 7.73. The van der Waals surface area contributed by atoms with Gasteiger partial charge in [0.15, 0.2) is 0 Å². The third kappa shape index (κ3) is 5.58. The van der Waals surface area contributed by atoms with E-state index < -0.39 is 0 Å². The lowest BCUT2D eigenvalue weighted by Crippen LogP contribution is -2.28. The summed E-state index contributed by atoms with van der Waals surface area (Å²) in [4.78, 5) is 23.0. The lowest BCUT2D eigenvalue weighted by molar-refractivity contribution is -0.120. The molecule has 0 aliphatic heterocycles. The van der Waals surface area contributed by atoms with Crippen LogP contribution in [0.25, 0.3) is 0 Å². The Balaban J connectivity index is 1.81. The van der Waals surface area contributed by atoms with Gasteiger partial charge in [0.25, 0.3) is 0 Å². The molecule has 0 fully saturated rings. The van der Waals surface area contributed by atoms with Gasteiger partial charge in [0, 0.05) is 19.2 Å². The van der Waals surface area contributed by atoms with E-state index in [9.17, 15) is 9.59 Å². The molecule has 4 heteroatoms. The first-order chi connectivity index (χ1) is 11.0. The number of carbonyl (C=O) groups excluding carboxylic acids is 2. The molecule has 2 amide bonds. The summed E-state index contributed by atoms with van der Waals surface area (Å²) in [5.74, 6) is 0.174. The van der Waals surface area contributed by atoms with E-state index in [0.717, 1.165) is 11.3 Å². The summed E-state index contributed by atoms with van der Waals surface area (Å²) in [6.45, 7) is 4.18. The van der Waals surface area contributed by atoms with Crippen LogP contribution in [0.15, 0.2) is 54.6 Å². The number of nitrogens with one attached hydrogen (secondary N) is 2. The molecule has 120 valence electrons. The van der Waals surface area contributed by atoms with E-state index in [-0.39, 0.29) is 17.7 Å². The van der Waals surface area contributed by atoms with Crippen molar-refractivity contribution in [3.8, 4) is 0 Å². The van der Waals surface area contributed by atoms with Crippen molar-refractivity contribution in [3.63, 3.8) is 0 Å². The minimum Gasteiger partial charge on any atom is -0.355 e. The molecule has 2 rings (SSSR count). The van der Waals surface area contributed by atoms with Crippen LogP contribution < -0.4 is 10.6 Å². The number of benzene rings is 2. The monoisotopic (exact) mass is 310 g/mol.